The fourth-order valence-corrected chi connectivity index (χ4v) is 2.21. The topological polar surface area (TPSA) is 85.4 Å². The van der Waals surface area contributed by atoms with Gasteiger partial charge in [-0.25, -0.2) is 9.59 Å². The highest BCUT2D eigenvalue weighted by atomic mass is 16.6. The molecule has 0 aromatic heterocycles. The number of likely N-dealkylation sites (tertiary alicyclic amines) is 1. The summed E-state index contributed by atoms with van der Waals surface area (Å²) in [6, 6.07) is 0. The molecule has 1 aliphatic rings. The highest BCUT2D eigenvalue weighted by molar-refractivity contribution is 5.78. The summed E-state index contributed by atoms with van der Waals surface area (Å²) in [5.41, 5.74) is -1.11. The Balaban J connectivity index is 2.18. The van der Waals surface area contributed by atoms with Crippen molar-refractivity contribution in [3.05, 3.63) is 0 Å². The van der Waals surface area contributed by atoms with Gasteiger partial charge in [-0.2, -0.15) is 0 Å². The molecule has 0 aromatic rings. The highest BCUT2D eigenvalue weighted by Gasteiger charge is 2.33. The van der Waals surface area contributed by atoms with Crippen LogP contribution >= 0.6 is 0 Å². The standard InChI is InChI=1S/C18H32N2O6/c1-17(2,3)25-15(22)19(7)12-14(21)24-9-8-13-10-20(11-13)16(23)26-18(4,5)6/h13H,8-12H2,1-7H3. The number of ether oxygens (including phenoxy) is 3. The van der Waals surface area contributed by atoms with Crippen LogP contribution < -0.4 is 0 Å². The van der Waals surface area contributed by atoms with Gasteiger partial charge in [0, 0.05) is 20.1 Å². The summed E-state index contributed by atoms with van der Waals surface area (Å²) in [4.78, 5) is 38.2. The summed E-state index contributed by atoms with van der Waals surface area (Å²) in [6.45, 7) is 12.1. The van der Waals surface area contributed by atoms with E-state index in [0.29, 0.717) is 25.4 Å². The van der Waals surface area contributed by atoms with Gasteiger partial charge in [-0.3, -0.25) is 4.79 Å². The van der Waals surface area contributed by atoms with Gasteiger partial charge in [-0.05, 0) is 53.9 Å². The van der Waals surface area contributed by atoms with Crippen LogP contribution in [0.5, 0.6) is 0 Å². The van der Waals surface area contributed by atoms with E-state index in [4.69, 9.17) is 14.2 Å². The summed E-state index contributed by atoms with van der Waals surface area (Å²) in [7, 11) is 1.49. The largest absolute Gasteiger partial charge is 0.464 e. The number of rotatable bonds is 5. The van der Waals surface area contributed by atoms with Gasteiger partial charge in [0.2, 0.25) is 0 Å². The minimum Gasteiger partial charge on any atom is -0.464 e. The van der Waals surface area contributed by atoms with E-state index in [9.17, 15) is 14.4 Å². The average molecular weight is 372 g/mol. The first-order valence-electron chi connectivity index (χ1n) is 8.84. The van der Waals surface area contributed by atoms with E-state index in [0.717, 1.165) is 0 Å². The molecule has 0 unspecified atom stereocenters. The number of carbonyl (C=O) groups excluding carboxylic acids is 3. The normalized spacial score (nSPS) is 15.1. The summed E-state index contributed by atoms with van der Waals surface area (Å²) in [6.07, 6.45) is -0.215. The number of carbonyl (C=O) groups is 3. The van der Waals surface area contributed by atoms with Crippen LogP contribution in [-0.2, 0) is 19.0 Å². The third-order valence-electron chi connectivity index (χ3n) is 3.47. The maximum Gasteiger partial charge on any atom is 0.410 e. The lowest BCUT2D eigenvalue weighted by Crippen LogP contribution is -2.51. The predicted octanol–water partition coefficient (Wildman–Crippen LogP) is 2.65. The van der Waals surface area contributed by atoms with Gasteiger partial charge in [-0.15, -0.1) is 0 Å². The number of esters is 1. The molecule has 1 fully saturated rings. The van der Waals surface area contributed by atoms with Crippen LogP contribution in [0.1, 0.15) is 48.0 Å². The van der Waals surface area contributed by atoms with Crippen molar-refractivity contribution in [1.29, 1.82) is 0 Å². The van der Waals surface area contributed by atoms with E-state index in [-0.39, 0.29) is 19.2 Å². The third-order valence-corrected chi connectivity index (χ3v) is 3.47. The zero-order chi connectivity index (χ0) is 20.1. The lowest BCUT2D eigenvalue weighted by Gasteiger charge is -2.39. The second-order valence-corrected chi connectivity index (χ2v) is 8.60. The molecule has 8 heteroatoms. The van der Waals surface area contributed by atoms with Crippen molar-refractivity contribution in [1.82, 2.24) is 9.80 Å². The summed E-state index contributed by atoms with van der Waals surface area (Å²) in [5, 5.41) is 0. The van der Waals surface area contributed by atoms with Crippen LogP contribution in [-0.4, -0.2) is 72.4 Å². The molecule has 8 nitrogen and oxygen atoms in total. The maximum absolute atomic E-state index is 11.8. The van der Waals surface area contributed by atoms with Crippen LogP contribution in [0.3, 0.4) is 0 Å². The lowest BCUT2D eigenvalue weighted by atomic mass is 9.97. The fourth-order valence-electron chi connectivity index (χ4n) is 2.21. The van der Waals surface area contributed by atoms with E-state index in [1.54, 1.807) is 25.7 Å². The van der Waals surface area contributed by atoms with Crippen LogP contribution in [0.15, 0.2) is 0 Å². The Hall–Kier alpha value is -1.99. The molecule has 0 bridgehead atoms. The molecule has 0 radical (unpaired) electrons. The van der Waals surface area contributed by atoms with E-state index in [1.165, 1.54) is 11.9 Å². The monoisotopic (exact) mass is 372 g/mol. The van der Waals surface area contributed by atoms with Gasteiger partial charge in [-0.1, -0.05) is 0 Å². The Morgan fingerprint density at radius 1 is 1.00 bits per heavy atom. The van der Waals surface area contributed by atoms with Crippen molar-refractivity contribution in [2.45, 2.75) is 59.2 Å². The maximum atomic E-state index is 11.8. The second kappa shape index (κ2) is 8.60. The Bertz CT molecular complexity index is 515. The molecule has 1 rings (SSSR count). The van der Waals surface area contributed by atoms with E-state index in [2.05, 4.69) is 0 Å². The number of likely N-dealkylation sites (N-methyl/N-ethyl adjacent to an activating group) is 1. The first-order valence-corrected chi connectivity index (χ1v) is 8.84. The molecule has 0 atom stereocenters. The molecule has 2 amide bonds. The molecule has 1 saturated heterocycles. The molecule has 0 saturated carbocycles. The Morgan fingerprint density at radius 2 is 1.54 bits per heavy atom. The van der Waals surface area contributed by atoms with Crippen LogP contribution in [0.4, 0.5) is 9.59 Å². The molecule has 26 heavy (non-hydrogen) atoms. The highest BCUT2D eigenvalue weighted by Crippen LogP contribution is 2.22. The molecule has 0 aromatic carbocycles. The Kier molecular flexibility index (Phi) is 7.29. The van der Waals surface area contributed by atoms with Gasteiger partial charge in [0.25, 0.3) is 0 Å². The molecule has 1 aliphatic heterocycles. The fraction of sp³-hybridized carbons (Fsp3) is 0.833. The number of amides is 2. The Morgan fingerprint density at radius 3 is 2.04 bits per heavy atom. The molecule has 0 aliphatic carbocycles. The van der Waals surface area contributed by atoms with E-state index in [1.807, 2.05) is 20.8 Å². The first kappa shape index (κ1) is 22.1. The number of nitrogens with zero attached hydrogens (tertiary/aromatic N) is 2. The first-order chi connectivity index (χ1) is 11.8. The molecular formula is C18H32N2O6. The average Bonchev–Trinajstić information content (AvgIpc) is 2.36. The van der Waals surface area contributed by atoms with Gasteiger partial charge in [0.15, 0.2) is 0 Å². The van der Waals surface area contributed by atoms with Gasteiger partial charge in [0.05, 0.1) is 6.61 Å². The minimum atomic E-state index is -0.612. The molecule has 150 valence electrons. The summed E-state index contributed by atoms with van der Waals surface area (Å²) < 4.78 is 15.6. The minimum absolute atomic E-state index is 0.163. The van der Waals surface area contributed by atoms with E-state index >= 15 is 0 Å². The van der Waals surface area contributed by atoms with Crippen molar-refractivity contribution in [2.75, 3.05) is 33.3 Å². The van der Waals surface area contributed by atoms with Gasteiger partial charge in [0.1, 0.15) is 17.7 Å². The van der Waals surface area contributed by atoms with Gasteiger partial charge < -0.3 is 24.0 Å². The lowest BCUT2D eigenvalue weighted by molar-refractivity contribution is -0.145. The zero-order valence-corrected chi connectivity index (χ0v) is 17.0. The van der Waals surface area contributed by atoms with E-state index < -0.39 is 23.3 Å². The smallest absolute Gasteiger partial charge is 0.410 e. The summed E-state index contributed by atoms with van der Waals surface area (Å²) in [5.74, 6) is -0.194. The molecular weight excluding hydrogens is 340 g/mol. The Labute approximate surface area is 155 Å². The third kappa shape index (κ3) is 8.40. The zero-order valence-electron chi connectivity index (χ0n) is 17.0. The molecule has 0 N–H and O–H groups in total. The molecule has 0 spiro atoms. The second-order valence-electron chi connectivity index (χ2n) is 8.60. The van der Waals surface area contributed by atoms with Crippen molar-refractivity contribution in [3.8, 4) is 0 Å². The van der Waals surface area contributed by atoms with Crippen LogP contribution in [0.25, 0.3) is 0 Å². The van der Waals surface area contributed by atoms with Gasteiger partial charge >= 0.3 is 18.2 Å². The molecule has 1 heterocycles. The predicted molar refractivity (Wildman–Crippen MR) is 95.7 cm³/mol. The summed E-state index contributed by atoms with van der Waals surface area (Å²) >= 11 is 0. The quantitative estimate of drug-likeness (QED) is 0.545. The van der Waals surface area contributed by atoms with Crippen molar-refractivity contribution < 1.29 is 28.6 Å². The van der Waals surface area contributed by atoms with Crippen LogP contribution in [0, 0.1) is 5.92 Å². The van der Waals surface area contributed by atoms with Crippen molar-refractivity contribution in [3.63, 3.8) is 0 Å². The number of hydrogen-bond donors (Lipinski definition) is 0. The SMILES string of the molecule is CN(CC(=O)OCCC1CN(C(=O)OC(C)(C)C)C1)C(=O)OC(C)(C)C. The van der Waals surface area contributed by atoms with Crippen molar-refractivity contribution in [2.24, 2.45) is 5.92 Å². The number of hydrogen-bond acceptors (Lipinski definition) is 6. The van der Waals surface area contributed by atoms with Crippen LogP contribution in [0.2, 0.25) is 0 Å². The van der Waals surface area contributed by atoms with Crippen molar-refractivity contribution >= 4 is 18.2 Å².